The summed E-state index contributed by atoms with van der Waals surface area (Å²) >= 11 is 0. The van der Waals surface area contributed by atoms with E-state index in [1.807, 2.05) is 11.8 Å². The molecule has 0 spiro atoms. The van der Waals surface area contributed by atoms with Crippen LogP contribution >= 0.6 is 12.4 Å². The number of nitrogens with zero attached hydrogens (tertiary/aromatic N) is 2. The van der Waals surface area contributed by atoms with Gasteiger partial charge in [0.15, 0.2) is 0 Å². The second-order valence-electron chi connectivity index (χ2n) is 6.92. The monoisotopic (exact) mass is 417 g/mol. The number of likely N-dealkylation sites (tertiary alicyclic amines) is 1. The number of hydrogen-bond acceptors (Lipinski definition) is 5. The molecule has 0 unspecified atom stereocenters. The van der Waals surface area contributed by atoms with Crippen molar-refractivity contribution in [1.82, 2.24) is 9.21 Å². The maximum atomic E-state index is 12.8. The summed E-state index contributed by atoms with van der Waals surface area (Å²) in [6.07, 6.45) is 1.96. The molecule has 0 saturated carbocycles. The molecule has 2 heterocycles. The number of amides is 1. The number of benzene rings is 1. The predicted octanol–water partition coefficient (Wildman–Crippen LogP) is 1.47. The molecule has 1 amide bonds. The molecule has 2 fully saturated rings. The Balaban J connectivity index is 0.00000261. The van der Waals surface area contributed by atoms with Crippen LogP contribution in [0.15, 0.2) is 29.2 Å². The minimum Gasteiger partial charge on any atom is -0.494 e. The highest BCUT2D eigenvalue weighted by Crippen LogP contribution is 2.27. The maximum absolute atomic E-state index is 12.8. The second-order valence-corrected chi connectivity index (χ2v) is 8.85. The van der Waals surface area contributed by atoms with Crippen molar-refractivity contribution in [1.29, 1.82) is 0 Å². The Labute approximate surface area is 167 Å². The molecule has 2 aliphatic rings. The highest BCUT2D eigenvalue weighted by atomic mass is 35.5. The fraction of sp³-hybridized carbons (Fsp3) is 0.611. The Kier molecular flexibility index (Phi) is 7.50. The SMILES string of the molecule is CCOc1ccc(S(=O)(=O)N2CCC(C(=O)N3CC[C@@H](N)C3)CC2)cc1.Cl. The van der Waals surface area contributed by atoms with Gasteiger partial charge in [0.25, 0.3) is 0 Å². The van der Waals surface area contributed by atoms with Gasteiger partial charge in [-0.3, -0.25) is 4.79 Å². The van der Waals surface area contributed by atoms with Crippen LogP contribution in [0.5, 0.6) is 5.75 Å². The number of halogens is 1. The van der Waals surface area contributed by atoms with Gasteiger partial charge in [-0.1, -0.05) is 0 Å². The molecule has 0 aliphatic carbocycles. The lowest BCUT2D eigenvalue weighted by Gasteiger charge is -2.32. The summed E-state index contributed by atoms with van der Waals surface area (Å²) < 4.78 is 32.4. The first-order valence-electron chi connectivity index (χ1n) is 9.19. The van der Waals surface area contributed by atoms with Crippen LogP contribution in [0, 0.1) is 5.92 Å². The van der Waals surface area contributed by atoms with Gasteiger partial charge in [0.2, 0.25) is 15.9 Å². The van der Waals surface area contributed by atoms with E-state index in [1.165, 1.54) is 4.31 Å². The lowest BCUT2D eigenvalue weighted by Crippen LogP contribution is -2.44. The van der Waals surface area contributed by atoms with E-state index in [2.05, 4.69) is 0 Å². The summed E-state index contributed by atoms with van der Waals surface area (Å²) in [5.74, 6) is 0.669. The van der Waals surface area contributed by atoms with E-state index in [0.29, 0.717) is 51.4 Å². The second kappa shape index (κ2) is 9.23. The molecule has 1 atom stereocenters. The third-order valence-electron chi connectivity index (χ3n) is 5.11. The average molecular weight is 418 g/mol. The van der Waals surface area contributed by atoms with E-state index < -0.39 is 10.0 Å². The molecule has 0 aromatic heterocycles. The zero-order valence-corrected chi connectivity index (χ0v) is 17.2. The maximum Gasteiger partial charge on any atom is 0.243 e. The molecular formula is C18H28ClN3O4S. The van der Waals surface area contributed by atoms with Gasteiger partial charge in [0.05, 0.1) is 11.5 Å². The van der Waals surface area contributed by atoms with Crippen LogP contribution in [0.3, 0.4) is 0 Å². The lowest BCUT2D eigenvalue weighted by molar-refractivity contribution is -0.135. The van der Waals surface area contributed by atoms with E-state index in [9.17, 15) is 13.2 Å². The van der Waals surface area contributed by atoms with Gasteiger partial charge >= 0.3 is 0 Å². The van der Waals surface area contributed by atoms with Crippen molar-refractivity contribution >= 4 is 28.3 Å². The zero-order chi connectivity index (χ0) is 18.7. The minimum absolute atomic E-state index is 0. The quantitative estimate of drug-likeness (QED) is 0.783. The largest absolute Gasteiger partial charge is 0.494 e. The van der Waals surface area contributed by atoms with Crippen molar-refractivity contribution in [2.75, 3.05) is 32.8 Å². The number of sulfonamides is 1. The molecule has 7 nitrogen and oxygen atoms in total. The first kappa shape index (κ1) is 21.9. The van der Waals surface area contributed by atoms with Crippen molar-refractivity contribution in [3.05, 3.63) is 24.3 Å². The lowest BCUT2D eigenvalue weighted by atomic mass is 9.97. The molecule has 2 N–H and O–H groups in total. The Hall–Kier alpha value is -1.35. The molecule has 2 saturated heterocycles. The number of carbonyl (C=O) groups excluding carboxylic acids is 1. The van der Waals surface area contributed by atoms with Crippen LogP contribution in [-0.2, 0) is 14.8 Å². The van der Waals surface area contributed by atoms with E-state index in [4.69, 9.17) is 10.5 Å². The van der Waals surface area contributed by atoms with Crippen molar-refractivity contribution < 1.29 is 17.9 Å². The number of carbonyl (C=O) groups is 1. The minimum atomic E-state index is -3.54. The standard InChI is InChI=1S/C18H27N3O4S.ClH/c1-2-25-16-3-5-17(6-4-16)26(23,24)21-11-7-14(8-12-21)18(22)20-10-9-15(19)13-20;/h3-6,14-15H,2,7-13,19H2,1H3;1H/t15-;/m1./s1. The van der Waals surface area contributed by atoms with Crippen molar-refractivity contribution in [3.8, 4) is 5.75 Å². The van der Waals surface area contributed by atoms with Gasteiger partial charge in [-0.25, -0.2) is 8.42 Å². The van der Waals surface area contributed by atoms with Gasteiger partial charge < -0.3 is 15.4 Å². The molecule has 3 rings (SSSR count). The number of hydrogen-bond donors (Lipinski definition) is 1. The van der Waals surface area contributed by atoms with Gasteiger partial charge in [-0.2, -0.15) is 4.31 Å². The molecule has 0 radical (unpaired) electrons. The molecule has 1 aromatic rings. The fourth-order valence-electron chi connectivity index (χ4n) is 3.61. The van der Waals surface area contributed by atoms with Crippen molar-refractivity contribution in [2.45, 2.75) is 37.1 Å². The summed E-state index contributed by atoms with van der Waals surface area (Å²) in [6.45, 7) is 4.48. The van der Waals surface area contributed by atoms with Crippen LogP contribution in [-0.4, -0.2) is 62.4 Å². The molecule has 0 bridgehead atoms. The molecule has 152 valence electrons. The van der Waals surface area contributed by atoms with Gasteiger partial charge in [-0.05, 0) is 50.5 Å². The Morgan fingerprint density at radius 1 is 1.15 bits per heavy atom. The molecular weight excluding hydrogens is 390 g/mol. The Bertz CT molecular complexity index is 733. The average Bonchev–Trinajstić information content (AvgIpc) is 3.08. The summed E-state index contributed by atoms with van der Waals surface area (Å²) in [4.78, 5) is 14.6. The number of ether oxygens (including phenoxy) is 1. The van der Waals surface area contributed by atoms with Crippen LogP contribution in [0.4, 0.5) is 0 Å². The van der Waals surface area contributed by atoms with E-state index >= 15 is 0 Å². The topological polar surface area (TPSA) is 92.9 Å². The summed E-state index contributed by atoms with van der Waals surface area (Å²) in [5.41, 5.74) is 5.88. The predicted molar refractivity (Wildman–Crippen MR) is 106 cm³/mol. The van der Waals surface area contributed by atoms with Gasteiger partial charge in [0, 0.05) is 38.1 Å². The van der Waals surface area contributed by atoms with Crippen molar-refractivity contribution in [3.63, 3.8) is 0 Å². The van der Waals surface area contributed by atoms with Crippen LogP contribution in [0.25, 0.3) is 0 Å². The van der Waals surface area contributed by atoms with Crippen molar-refractivity contribution in [2.24, 2.45) is 11.7 Å². The smallest absolute Gasteiger partial charge is 0.243 e. The first-order chi connectivity index (χ1) is 12.4. The fourth-order valence-corrected chi connectivity index (χ4v) is 5.08. The zero-order valence-electron chi connectivity index (χ0n) is 15.5. The van der Waals surface area contributed by atoms with E-state index in [1.54, 1.807) is 24.3 Å². The van der Waals surface area contributed by atoms with Crippen LogP contribution in [0.1, 0.15) is 26.2 Å². The number of rotatable bonds is 5. The van der Waals surface area contributed by atoms with Gasteiger partial charge in [-0.15, -0.1) is 12.4 Å². The van der Waals surface area contributed by atoms with Crippen LogP contribution < -0.4 is 10.5 Å². The van der Waals surface area contributed by atoms with Crippen LogP contribution in [0.2, 0.25) is 0 Å². The normalized spacial score (nSPS) is 21.7. The number of piperidine rings is 1. The molecule has 27 heavy (non-hydrogen) atoms. The summed E-state index contributed by atoms with van der Waals surface area (Å²) in [5, 5.41) is 0. The highest BCUT2D eigenvalue weighted by molar-refractivity contribution is 7.89. The third-order valence-corrected chi connectivity index (χ3v) is 7.02. The van der Waals surface area contributed by atoms with Gasteiger partial charge in [0.1, 0.15) is 5.75 Å². The highest BCUT2D eigenvalue weighted by Gasteiger charge is 2.35. The first-order valence-corrected chi connectivity index (χ1v) is 10.6. The molecule has 1 aromatic carbocycles. The van der Waals surface area contributed by atoms with E-state index in [0.717, 1.165) is 6.42 Å². The van der Waals surface area contributed by atoms with E-state index in [-0.39, 0.29) is 35.2 Å². The molecule has 2 aliphatic heterocycles. The Morgan fingerprint density at radius 2 is 1.78 bits per heavy atom. The molecule has 9 heteroatoms. The Morgan fingerprint density at radius 3 is 2.30 bits per heavy atom. The summed E-state index contributed by atoms with van der Waals surface area (Å²) in [6, 6.07) is 6.55. The third kappa shape index (κ3) is 4.93. The summed E-state index contributed by atoms with van der Waals surface area (Å²) in [7, 11) is -3.54. The number of nitrogens with two attached hydrogens (primary N) is 1.